The third-order valence-electron chi connectivity index (χ3n) is 2.97. The fraction of sp³-hybridized carbons (Fsp3) is 0.312. The summed E-state index contributed by atoms with van der Waals surface area (Å²) >= 11 is 0. The summed E-state index contributed by atoms with van der Waals surface area (Å²) in [6.45, 7) is 1.31. The summed E-state index contributed by atoms with van der Waals surface area (Å²) in [5, 5.41) is 16.1. The van der Waals surface area contributed by atoms with Gasteiger partial charge in [-0.3, -0.25) is 4.98 Å². The summed E-state index contributed by atoms with van der Waals surface area (Å²) in [4.78, 5) is 3.87. The third kappa shape index (κ3) is 6.51. The number of hydrogen-bond donors (Lipinski definition) is 1. The smallest absolute Gasteiger partial charge is 0.305 e. The lowest BCUT2D eigenvalue weighted by Crippen LogP contribution is -2.18. The second kappa shape index (κ2) is 8.94. The number of rotatable bonds is 7. The number of nitriles is 1. The Morgan fingerprint density at radius 3 is 2.74 bits per heavy atom. The molecule has 0 fully saturated rings. The summed E-state index contributed by atoms with van der Waals surface area (Å²) in [6, 6.07) is 5.27. The van der Waals surface area contributed by atoms with Crippen molar-refractivity contribution in [2.75, 3.05) is 0 Å². The lowest BCUT2D eigenvalue weighted by Gasteiger charge is -2.15. The van der Waals surface area contributed by atoms with Gasteiger partial charge in [-0.05, 0) is 30.5 Å². The van der Waals surface area contributed by atoms with E-state index in [1.54, 1.807) is 18.3 Å². The van der Waals surface area contributed by atoms with E-state index in [2.05, 4.69) is 4.98 Å². The zero-order valence-corrected chi connectivity index (χ0v) is 12.7. The molecule has 0 spiro atoms. The maximum atomic E-state index is 13.3. The minimum Gasteiger partial charge on any atom is -0.305 e. The van der Waals surface area contributed by atoms with Crippen LogP contribution < -0.4 is 0 Å². The highest BCUT2D eigenvalue weighted by Crippen LogP contribution is 2.32. The molecule has 0 unspecified atom stereocenters. The van der Waals surface area contributed by atoms with Gasteiger partial charge in [-0.2, -0.15) is 18.4 Å². The fourth-order valence-electron chi connectivity index (χ4n) is 1.88. The van der Waals surface area contributed by atoms with Gasteiger partial charge in [0, 0.05) is 24.5 Å². The first-order chi connectivity index (χ1) is 10.9. The Bertz CT molecular complexity index is 628. The fourth-order valence-corrected chi connectivity index (χ4v) is 1.88. The van der Waals surface area contributed by atoms with E-state index in [-0.39, 0.29) is 24.1 Å². The number of pyridine rings is 1. The van der Waals surface area contributed by atoms with Crippen LogP contribution in [0.4, 0.5) is 13.2 Å². The Hall–Kier alpha value is -2.36. The van der Waals surface area contributed by atoms with E-state index in [0.717, 1.165) is 6.08 Å². The molecule has 0 bridgehead atoms. The first kappa shape index (κ1) is 18.7. The van der Waals surface area contributed by atoms with E-state index in [0.29, 0.717) is 11.9 Å². The van der Waals surface area contributed by atoms with Crippen molar-refractivity contribution in [3.05, 3.63) is 53.3 Å². The number of aromatic nitrogens is 1. The summed E-state index contributed by atoms with van der Waals surface area (Å²) < 4.78 is 40.0. The molecule has 119 valence electrons. The van der Waals surface area contributed by atoms with Gasteiger partial charge in [0.25, 0.3) is 0 Å². The molecule has 1 aromatic rings. The molecule has 0 atom stereocenters. The highest BCUT2D eigenvalue weighted by Gasteiger charge is 2.36. The van der Waals surface area contributed by atoms with Gasteiger partial charge in [0.1, 0.15) is 7.28 Å². The lowest BCUT2D eigenvalue weighted by atomic mass is 9.70. The number of allylic oxidation sites excluding steroid dienone is 3. The molecule has 0 aliphatic heterocycles. The first-order valence-electron chi connectivity index (χ1n) is 6.99. The summed E-state index contributed by atoms with van der Waals surface area (Å²) in [5.41, 5.74) is -0.543. The van der Waals surface area contributed by atoms with Crippen LogP contribution in [0, 0.1) is 16.7 Å². The van der Waals surface area contributed by atoms with Crippen LogP contribution in [0.3, 0.4) is 0 Å². The quantitative estimate of drug-likeness (QED) is 0.356. The van der Waals surface area contributed by atoms with Crippen molar-refractivity contribution in [1.29, 1.82) is 10.7 Å². The van der Waals surface area contributed by atoms with Gasteiger partial charge in [-0.15, -0.1) is 5.98 Å². The molecule has 0 aromatic carbocycles. The molecule has 0 saturated heterocycles. The van der Waals surface area contributed by atoms with Crippen molar-refractivity contribution in [2.45, 2.75) is 32.3 Å². The van der Waals surface area contributed by atoms with Gasteiger partial charge < -0.3 is 5.41 Å². The van der Waals surface area contributed by atoms with Gasteiger partial charge in [-0.1, -0.05) is 18.5 Å². The molecular weight excluding hydrogens is 302 g/mol. The Kier molecular flexibility index (Phi) is 7.26. The zero-order valence-electron chi connectivity index (χ0n) is 12.7. The van der Waals surface area contributed by atoms with E-state index >= 15 is 0 Å². The van der Waals surface area contributed by atoms with Gasteiger partial charge in [0.2, 0.25) is 0 Å². The maximum Gasteiger partial charge on any atom is 0.416 e. The van der Waals surface area contributed by atoms with Crippen LogP contribution in [-0.4, -0.2) is 24.2 Å². The highest BCUT2D eigenvalue weighted by atomic mass is 19.4. The molecule has 7 heteroatoms. The number of nitrogens with one attached hydrogen (secondary N) is 1. The van der Waals surface area contributed by atoms with Crippen LogP contribution >= 0.6 is 0 Å². The molecule has 1 heterocycles. The predicted octanol–water partition coefficient (Wildman–Crippen LogP) is 4.07. The molecule has 1 aromatic heterocycles. The molecule has 1 N–H and O–H groups in total. The first-order valence-corrected chi connectivity index (χ1v) is 6.99. The third-order valence-corrected chi connectivity index (χ3v) is 2.97. The molecule has 0 aliphatic rings. The average molecular weight is 318 g/mol. The standard InChI is InChI=1S/C16H16BF3N3/c1-12(22)14(10-17-7-3-8-21)15(16(18,19)20)6-5-13-4-2-9-23-11-13/h2,4,6,9-11,22H,3,5,7H2,1H3/b14-10?,15-6+,22-12?. The number of nitrogens with zero attached hydrogens (tertiary/aromatic N) is 2. The van der Waals surface area contributed by atoms with Crippen molar-refractivity contribution in [3.8, 4) is 6.07 Å². The Morgan fingerprint density at radius 1 is 1.48 bits per heavy atom. The molecule has 0 saturated carbocycles. The Labute approximate surface area is 134 Å². The van der Waals surface area contributed by atoms with Crippen molar-refractivity contribution < 1.29 is 13.2 Å². The van der Waals surface area contributed by atoms with E-state index in [1.807, 2.05) is 6.07 Å². The monoisotopic (exact) mass is 318 g/mol. The van der Waals surface area contributed by atoms with E-state index in [9.17, 15) is 13.2 Å². The lowest BCUT2D eigenvalue weighted by molar-refractivity contribution is -0.0890. The van der Waals surface area contributed by atoms with Crippen molar-refractivity contribution in [3.63, 3.8) is 0 Å². The molecule has 23 heavy (non-hydrogen) atoms. The average Bonchev–Trinajstić information content (AvgIpc) is 2.49. The topological polar surface area (TPSA) is 60.5 Å². The van der Waals surface area contributed by atoms with Crippen LogP contribution in [0.2, 0.25) is 6.32 Å². The van der Waals surface area contributed by atoms with Gasteiger partial charge >= 0.3 is 6.18 Å². The highest BCUT2D eigenvalue weighted by molar-refractivity contribution is 6.43. The van der Waals surface area contributed by atoms with E-state index < -0.39 is 11.7 Å². The molecule has 0 amide bonds. The van der Waals surface area contributed by atoms with Crippen LogP contribution in [-0.2, 0) is 6.42 Å². The van der Waals surface area contributed by atoms with E-state index in [4.69, 9.17) is 10.7 Å². The predicted molar refractivity (Wildman–Crippen MR) is 84.4 cm³/mol. The van der Waals surface area contributed by atoms with Crippen LogP contribution in [0.25, 0.3) is 0 Å². The zero-order chi connectivity index (χ0) is 17.3. The molecule has 1 rings (SSSR count). The van der Waals surface area contributed by atoms with Gasteiger partial charge in [0.15, 0.2) is 0 Å². The van der Waals surface area contributed by atoms with Gasteiger partial charge in [0.05, 0.1) is 11.6 Å². The van der Waals surface area contributed by atoms with Crippen LogP contribution in [0.15, 0.2) is 47.7 Å². The van der Waals surface area contributed by atoms with Crippen LogP contribution in [0.1, 0.15) is 18.9 Å². The summed E-state index contributed by atoms with van der Waals surface area (Å²) in [5.74, 6) is 1.27. The second-order valence-corrected chi connectivity index (χ2v) is 4.82. The Morgan fingerprint density at radius 2 is 2.22 bits per heavy atom. The number of halogens is 3. The summed E-state index contributed by atoms with van der Waals surface area (Å²) in [7, 11) is 1.49. The van der Waals surface area contributed by atoms with E-state index in [1.165, 1.54) is 26.4 Å². The second-order valence-electron chi connectivity index (χ2n) is 4.82. The van der Waals surface area contributed by atoms with Crippen LogP contribution in [0.5, 0.6) is 0 Å². The molecule has 0 aliphatic carbocycles. The molecule has 1 radical (unpaired) electrons. The van der Waals surface area contributed by atoms with Gasteiger partial charge in [-0.25, -0.2) is 0 Å². The molecule has 3 nitrogen and oxygen atoms in total. The normalized spacial score (nSPS) is 12.7. The SMILES string of the molecule is CC(=N)C(=C[B]CCC#N)/C(=C\Cc1cccnc1)C(F)(F)F. The van der Waals surface area contributed by atoms with Crippen molar-refractivity contribution in [1.82, 2.24) is 4.98 Å². The van der Waals surface area contributed by atoms with Crippen molar-refractivity contribution in [2.24, 2.45) is 0 Å². The number of hydrogen-bond acceptors (Lipinski definition) is 3. The van der Waals surface area contributed by atoms with Crippen molar-refractivity contribution >= 4 is 13.0 Å². The minimum absolute atomic E-state index is 0.0749. The largest absolute Gasteiger partial charge is 0.416 e. The minimum atomic E-state index is -4.56. The Balaban J connectivity index is 3.06. The molecular formula is C16H16BF3N3. The maximum absolute atomic E-state index is 13.3. The summed E-state index contributed by atoms with van der Waals surface area (Å²) in [6.07, 6.45) is 0.214. The number of alkyl halides is 3.